The third kappa shape index (κ3) is 2.49. The van der Waals surface area contributed by atoms with Crippen molar-refractivity contribution in [1.29, 1.82) is 0 Å². The molecule has 1 aliphatic rings. The minimum Gasteiger partial charge on any atom is -0.292 e. The van der Waals surface area contributed by atoms with Gasteiger partial charge < -0.3 is 0 Å². The summed E-state index contributed by atoms with van der Waals surface area (Å²) in [4.78, 5) is 20.3. The number of aryl methyl sites for hydroxylation is 3. The summed E-state index contributed by atoms with van der Waals surface area (Å²) < 4.78 is 1.84. The molecule has 0 amide bonds. The van der Waals surface area contributed by atoms with Crippen molar-refractivity contribution in [2.75, 3.05) is 0 Å². The van der Waals surface area contributed by atoms with E-state index in [0.29, 0.717) is 12.5 Å². The first-order chi connectivity index (χ1) is 11.5. The van der Waals surface area contributed by atoms with Crippen molar-refractivity contribution in [3.05, 3.63) is 62.0 Å². The Kier molecular flexibility index (Phi) is 3.80. The SMILES string of the molecule is Cc1ccccc1Cn1c(C)nc2sc3c(c2c1=O)CCC(C)C3. The van der Waals surface area contributed by atoms with Crippen molar-refractivity contribution >= 4 is 21.6 Å². The molecule has 1 unspecified atom stereocenters. The summed E-state index contributed by atoms with van der Waals surface area (Å²) in [5.41, 5.74) is 3.79. The van der Waals surface area contributed by atoms with E-state index >= 15 is 0 Å². The molecule has 2 heterocycles. The van der Waals surface area contributed by atoms with E-state index in [2.05, 4.69) is 26.0 Å². The topological polar surface area (TPSA) is 34.9 Å². The fourth-order valence-electron chi connectivity index (χ4n) is 3.67. The van der Waals surface area contributed by atoms with Crippen molar-refractivity contribution in [3.63, 3.8) is 0 Å². The van der Waals surface area contributed by atoms with Gasteiger partial charge in [-0.25, -0.2) is 4.98 Å². The smallest absolute Gasteiger partial charge is 0.262 e. The highest BCUT2D eigenvalue weighted by molar-refractivity contribution is 7.18. The summed E-state index contributed by atoms with van der Waals surface area (Å²) in [6, 6.07) is 8.25. The van der Waals surface area contributed by atoms with Gasteiger partial charge in [-0.1, -0.05) is 31.2 Å². The summed E-state index contributed by atoms with van der Waals surface area (Å²) in [5, 5.41) is 0.876. The van der Waals surface area contributed by atoms with Gasteiger partial charge in [0, 0.05) is 4.88 Å². The Labute approximate surface area is 146 Å². The highest BCUT2D eigenvalue weighted by atomic mass is 32.1. The lowest BCUT2D eigenvalue weighted by Gasteiger charge is -2.17. The molecule has 0 N–H and O–H groups in total. The predicted octanol–water partition coefficient (Wildman–Crippen LogP) is 4.25. The maximum atomic E-state index is 13.2. The minimum atomic E-state index is 0.132. The molecule has 4 rings (SSSR count). The van der Waals surface area contributed by atoms with Crippen LogP contribution in [0, 0.1) is 19.8 Å². The van der Waals surface area contributed by atoms with Gasteiger partial charge in [-0.2, -0.15) is 0 Å². The highest BCUT2D eigenvalue weighted by Crippen LogP contribution is 2.35. The van der Waals surface area contributed by atoms with Crippen LogP contribution in [-0.2, 0) is 19.4 Å². The fourth-order valence-corrected chi connectivity index (χ4v) is 5.09. The molecule has 0 fully saturated rings. The number of fused-ring (bicyclic) bond motifs is 3. The maximum absolute atomic E-state index is 13.2. The summed E-state index contributed by atoms with van der Waals surface area (Å²) in [7, 11) is 0. The summed E-state index contributed by atoms with van der Waals surface area (Å²) in [6.07, 6.45) is 3.28. The van der Waals surface area contributed by atoms with Gasteiger partial charge in [0.2, 0.25) is 0 Å². The van der Waals surface area contributed by atoms with E-state index in [0.717, 1.165) is 28.9 Å². The second kappa shape index (κ2) is 5.85. The molecular weight excluding hydrogens is 316 g/mol. The highest BCUT2D eigenvalue weighted by Gasteiger charge is 2.24. The van der Waals surface area contributed by atoms with E-state index in [1.165, 1.54) is 28.0 Å². The van der Waals surface area contributed by atoms with Gasteiger partial charge in [0.25, 0.3) is 5.56 Å². The molecule has 24 heavy (non-hydrogen) atoms. The molecule has 0 saturated heterocycles. The number of thiophene rings is 1. The molecular formula is C20H22N2OS. The number of rotatable bonds is 2. The van der Waals surface area contributed by atoms with Crippen molar-refractivity contribution < 1.29 is 0 Å². The van der Waals surface area contributed by atoms with Crippen LogP contribution in [0.25, 0.3) is 10.2 Å². The third-order valence-corrected chi connectivity index (χ3v) is 6.34. The first-order valence-corrected chi connectivity index (χ1v) is 9.42. The Morgan fingerprint density at radius 3 is 2.88 bits per heavy atom. The van der Waals surface area contributed by atoms with Gasteiger partial charge in [0.05, 0.1) is 11.9 Å². The summed E-state index contributed by atoms with van der Waals surface area (Å²) in [6.45, 7) is 6.93. The Bertz CT molecular complexity index is 983. The molecule has 1 aromatic carbocycles. The molecule has 0 radical (unpaired) electrons. The first-order valence-electron chi connectivity index (χ1n) is 8.60. The number of nitrogens with zero attached hydrogens (tertiary/aromatic N) is 2. The number of hydrogen-bond donors (Lipinski definition) is 0. The van der Waals surface area contributed by atoms with Gasteiger partial charge >= 0.3 is 0 Å². The Morgan fingerprint density at radius 2 is 2.08 bits per heavy atom. The summed E-state index contributed by atoms with van der Waals surface area (Å²) in [5.74, 6) is 1.52. The van der Waals surface area contributed by atoms with E-state index in [-0.39, 0.29) is 5.56 Å². The van der Waals surface area contributed by atoms with Crippen LogP contribution in [0.15, 0.2) is 29.1 Å². The molecule has 3 nitrogen and oxygen atoms in total. The fraction of sp³-hybridized carbons (Fsp3) is 0.400. The van der Waals surface area contributed by atoms with Gasteiger partial charge in [-0.15, -0.1) is 11.3 Å². The van der Waals surface area contributed by atoms with Gasteiger partial charge in [-0.05, 0) is 55.7 Å². The van der Waals surface area contributed by atoms with Gasteiger partial charge in [0.1, 0.15) is 10.7 Å². The van der Waals surface area contributed by atoms with E-state index < -0.39 is 0 Å². The minimum absolute atomic E-state index is 0.132. The molecule has 0 aliphatic heterocycles. The van der Waals surface area contributed by atoms with E-state index in [9.17, 15) is 4.79 Å². The predicted molar refractivity (Wildman–Crippen MR) is 100 cm³/mol. The molecule has 3 aromatic rings. The molecule has 4 heteroatoms. The zero-order valence-electron chi connectivity index (χ0n) is 14.4. The van der Waals surface area contributed by atoms with Crippen LogP contribution < -0.4 is 5.56 Å². The molecule has 2 aromatic heterocycles. The van der Waals surface area contributed by atoms with Gasteiger partial charge in [-0.3, -0.25) is 9.36 Å². The number of benzene rings is 1. The molecule has 1 atom stereocenters. The average molecular weight is 338 g/mol. The maximum Gasteiger partial charge on any atom is 0.262 e. The average Bonchev–Trinajstić information content (AvgIpc) is 2.90. The molecule has 1 aliphatic carbocycles. The standard InChI is InChI=1S/C20H22N2OS/c1-12-8-9-16-17(10-12)24-19-18(16)20(23)22(14(3)21-19)11-15-7-5-4-6-13(15)2/h4-7,12H,8-11H2,1-3H3. The Balaban J connectivity index is 1.88. The monoisotopic (exact) mass is 338 g/mol. The number of hydrogen-bond acceptors (Lipinski definition) is 3. The second-order valence-electron chi connectivity index (χ2n) is 7.01. The van der Waals surface area contributed by atoms with E-state index in [1.54, 1.807) is 11.3 Å². The number of aromatic nitrogens is 2. The van der Waals surface area contributed by atoms with Crippen LogP contribution >= 0.6 is 11.3 Å². The van der Waals surface area contributed by atoms with Crippen LogP contribution in [0.2, 0.25) is 0 Å². The Hall–Kier alpha value is -1.94. The third-order valence-electron chi connectivity index (χ3n) is 5.20. The zero-order valence-corrected chi connectivity index (χ0v) is 15.2. The van der Waals surface area contributed by atoms with Crippen molar-refractivity contribution in [1.82, 2.24) is 9.55 Å². The van der Waals surface area contributed by atoms with Crippen LogP contribution in [0.4, 0.5) is 0 Å². The van der Waals surface area contributed by atoms with Crippen LogP contribution in [0.3, 0.4) is 0 Å². The largest absolute Gasteiger partial charge is 0.292 e. The summed E-state index contributed by atoms with van der Waals surface area (Å²) >= 11 is 1.73. The molecule has 0 saturated carbocycles. The van der Waals surface area contributed by atoms with Gasteiger partial charge in [0.15, 0.2) is 0 Å². The van der Waals surface area contributed by atoms with Crippen LogP contribution in [0.1, 0.15) is 40.7 Å². The van der Waals surface area contributed by atoms with Crippen LogP contribution in [-0.4, -0.2) is 9.55 Å². The Morgan fingerprint density at radius 1 is 1.29 bits per heavy atom. The van der Waals surface area contributed by atoms with Crippen molar-refractivity contribution in [2.24, 2.45) is 5.92 Å². The van der Waals surface area contributed by atoms with E-state index in [4.69, 9.17) is 4.98 Å². The van der Waals surface area contributed by atoms with Crippen molar-refractivity contribution in [3.8, 4) is 0 Å². The first kappa shape index (κ1) is 15.6. The molecule has 0 bridgehead atoms. The lowest BCUT2D eigenvalue weighted by atomic mass is 9.89. The lowest BCUT2D eigenvalue weighted by molar-refractivity contribution is 0.509. The van der Waals surface area contributed by atoms with E-state index in [1.807, 2.05) is 23.6 Å². The lowest BCUT2D eigenvalue weighted by Crippen LogP contribution is -2.25. The quantitative estimate of drug-likeness (QED) is 0.700. The molecule has 0 spiro atoms. The molecule has 124 valence electrons. The van der Waals surface area contributed by atoms with Crippen LogP contribution in [0.5, 0.6) is 0 Å². The van der Waals surface area contributed by atoms with Crippen molar-refractivity contribution in [2.45, 2.75) is 46.6 Å². The zero-order chi connectivity index (χ0) is 16.8. The normalized spacial score (nSPS) is 17.2. The second-order valence-corrected chi connectivity index (χ2v) is 8.09.